The second-order valence-electron chi connectivity index (χ2n) is 5.04. The van der Waals surface area contributed by atoms with Crippen LogP contribution in [0.25, 0.3) is 0 Å². The van der Waals surface area contributed by atoms with Crippen molar-refractivity contribution in [1.82, 2.24) is 5.32 Å². The number of hydrogen-bond donors (Lipinski definition) is 2. The minimum absolute atomic E-state index is 0.00703. The van der Waals surface area contributed by atoms with Gasteiger partial charge >= 0.3 is 0 Å². The molecule has 0 aliphatic carbocycles. The van der Waals surface area contributed by atoms with Crippen molar-refractivity contribution in [1.29, 1.82) is 0 Å². The van der Waals surface area contributed by atoms with E-state index < -0.39 is 19.0 Å². The lowest BCUT2D eigenvalue weighted by atomic mass is 9.96. The fraction of sp³-hybridized carbons (Fsp3) is 0.533. The Morgan fingerprint density at radius 1 is 1.35 bits per heavy atom. The first-order valence-corrected chi connectivity index (χ1v) is 6.81. The first-order chi connectivity index (χ1) is 9.38. The summed E-state index contributed by atoms with van der Waals surface area (Å²) in [5.41, 5.74) is 7.17. The van der Waals surface area contributed by atoms with E-state index in [1.54, 1.807) is 0 Å². The van der Waals surface area contributed by atoms with Crippen LogP contribution in [-0.2, 0) is 11.2 Å². The van der Waals surface area contributed by atoms with Crippen molar-refractivity contribution in [3.8, 4) is 0 Å². The molecule has 0 aliphatic heterocycles. The van der Waals surface area contributed by atoms with Gasteiger partial charge in [-0.25, -0.2) is 8.78 Å². The maximum absolute atomic E-state index is 12.9. The molecule has 0 aliphatic rings. The molecule has 0 saturated carbocycles. The van der Waals surface area contributed by atoms with Crippen molar-refractivity contribution in [2.45, 2.75) is 38.5 Å². The van der Waals surface area contributed by atoms with Gasteiger partial charge in [-0.1, -0.05) is 38.1 Å². The van der Waals surface area contributed by atoms with Crippen LogP contribution in [0, 0.1) is 0 Å². The summed E-state index contributed by atoms with van der Waals surface area (Å²) in [5.74, 6) is -3.43. The highest BCUT2D eigenvalue weighted by Crippen LogP contribution is 2.19. The topological polar surface area (TPSA) is 55.1 Å². The first kappa shape index (κ1) is 16.6. The van der Waals surface area contributed by atoms with E-state index in [9.17, 15) is 13.6 Å². The van der Waals surface area contributed by atoms with Crippen LogP contribution in [0.15, 0.2) is 24.3 Å². The Kier molecular flexibility index (Phi) is 6.07. The molecule has 0 spiro atoms. The van der Waals surface area contributed by atoms with Gasteiger partial charge in [0.2, 0.25) is 5.91 Å². The van der Waals surface area contributed by atoms with Crippen LogP contribution in [-0.4, -0.2) is 24.9 Å². The third kappa shape index (κ3) is 5.25. The van der Waals surface area contributed by atoms with E-state index in [2.05, 4.69) is 12.2 Å². The summed E-state index contributed by atoms with van der Waals surface area (Å²) in [4.78, 5) is 11.6. The van der Waals surface area contributed by atoms with Gasteiger partial charge in [-0.05, 0) is 23.5 Å². The average Bonchev–Trinajstić information content (AvgIpc) is 2.45. The summed E-state index contributed by atoms with van der Waals surface area (Å²) < 4.78 is 25.8. The number of nitrogens with two attached hydrogens (primary N) is 1. The van der Waals surface area contributed by atoms with E-state index in [0.29, 0.717) is 0 Å². The number of alkyl halides is 2. The van der Waals surface area contributed by atoms with E-state index in [4.69, 9.17) is 5.73 Å². The highest BCUT2D eigenvalue weighted by molar-refractivity contribution is 5.76. The van der Waals surface area contributed by atoms with Crippen molar-refractivity contribution in [2.75, 3.05) is 13.1 Å². The molecule has 0 heterocycles. The molecule has 0 saturated heterocycles. The van der Waals surface area contributed by atoms with Gasteiger partial charge in [0.25, 0.3) is 5.92 Å². The van der Waals surface area contributed by atoms with Gasteiger partial charge < -0.3 is 11.1 Å². The number of carbonyl (C=O) groups is 1. The number of nitrogens with one attached hydrogen (secondary N) is 1. The number of amides is 1. The molecule has 3 nitrogen and oxygen atoms in total. The number of aryl methyl sites for hydroxylation is 1. The van der Waals surface area contributed by atoms with Gasteiger partial charge in [-0.2, -0.15) is 0 Å². The van der Waals surface area contributed by atoms with Crippen molar-refractivity contribution in [2.24, 2.45) is 5.73 Å². The molecule has 1 rings (SSSR count). The lowest BCUT2D eigenvalue weighted by Crippen LogP contribution is -2.41. The molecule has 0 radical (unpaired) electrons. The lowest BCUT2D eigenvalue weighted by molar-refractivity contribution is -0.123. The fourth-order valence-electron chi connectivity index (χ4n) is 1.85. The third-order valence-corrected chi connectivity index (χ3v) is 3.29. The molecule has 1 aromatic rings. The van der Waals surface area contributed by atoms with E-state index in [1.165, 1.54) is 5.56 Å². The number of hydrogen-bond acceptors (Lipinski definition) is 2. The summed E-state index contributed by atoms with van der Waals surface area (Å²) in [6, 6.07) is 8.00. The molecule has 112 valence electrons. The van der Waals surface area contributed by atoms with Gasteiger partial charge in [-0.15, -0.1) is 0 Å². The monoisotopic (exact) mass is 284 g/mol. The predicted molar refractivity (Wildman–Crippen MR) is 75.9 cm³/mol. The van der Waals surface area contributed by atoms with Crippen LogP contribution >= 0.6 is 0 Å². The normalized spacial score (nSPS) is 13.1. The second-order valence-corrected chi connectivity index (χ2v) is 5.04. The number of benzene rings is 1. The van der Waals surface area contributed by atoms with Crippen molar-refractivity contribution < 1.29 is 13.6 Å². The Morgan fingerprint density at radius 2 is 1.95 bits per heavy atom. The van der Waals surface area contributed by atoms with Crippen LogP contribution in [0.1, 0.15) is 37.3 Å². The smallest absolute Gasteiger partial charge is 0.277 e. The summed E-state index contributed by atoms with van der Waals surface area (Å²) >= 11 is 0. The minimum Gasteiger partial charge on any atom is -0.350 e. The summed E-state index contributed by atoms with van der Waals surface area (Å²) in [5, 5.41) is 2.23. The Bertz CT molecular complexity index is 432. The van der Waals surface area contributed by atoms with Gasteiger partial charge in [0.15, 0.2) is 0 Å². The molecular formula is C15H22F2N2O. The molecule has 1 atom stereocenters. The largest absolute Gasteiger partial charge is 0.350 e. The maximum Gasteiger partial charge on any atom is 0.277 e. The van der Waals surface area contributed by atoms with Crippen LogP contribution in [0.5, 0.6) is 0 Å². The fourth-order valence-corrected chi connectivity index (χ4v) is 1.85. The molecule has 0 bridgehead atoms. The molecule has 1 amide bonds. The van der Waals surface area contributed by atoms with Crippen molar-refractivity contribution >= 4 is 5.91 Å². The van der Waals surface area contributed by atoms with Crippen LogP contribution in [0.2, 0.25) is 0 Å². The number of halogens is 2. The van der Waals surface area contributed by atoms with E-state index in [-0.39, 0.29) is 18.2 Å². The molecule has 20 heavy (non-hydrogen) atoms. The van der Waals surface area contributed by atoms with Gasteiger partial charge in [0, 0.05) is 6.42 Å². The van der Waals surface area contributed by atoms with Gasteiger partial charge in [-0.3, -0.25) is 4.79 Å². The van der Waals surface area contributed by atoms with E-state index in [0.717, 1.165) is 12.0 Å². The Hall–Kier alpha value is -1.49. The predicted octanol–water partition coefficient (Wildman–Crippen LogP) is 2.45. The summed E-state index contributed by atoms with van der Waals surface area (Å²) in [6.07, 6.45) is 1.15. The quantitative estimate of drug-likeness (QED) is 0.808. The standard InChI is InChI=1S/C15H22F2N2O/c1-3-12-4-6-13(7-5-12)11(2)8-14(20)19-10-15(16,17)9-18/h4-7,11H,3,8-10,18H2,1-2H3,(H,19,20). The number of carbonyl (C=O) groups excluding carboxylic acids is 1. The highest BCUT2D eigenvalue weighted by atomic mass is 19.3. The zero-order valence-corrected chi connectivity index (χ0v) is 12.0. The minimum atomic E-state index is -3.04. The molecular weight excluding hydrogens is 262 g/mol. The maximum atomic E-state index is 12.9. The van der Waals surface area contributed by atoms with Crippen molar-refractivity contribution in [3.05, 3.63) is 35.4 Å². The Balaban J connectivity index is 2.48. The zero-order chi connectivity index (χ0) is 15.2. The molecule has 0 fully saturated rings. The van der Waals surface area contributed by atoms with Crippen LogP contribution < -0.4 is 11.1 Å². The average molecular weight is 284 g/mol. The van der Waals surface area contributed by atoms with E-state index >= 15 is 0 Å². The summed E-state index contributed by atoms with van der Waals surface area (Å²) in [7, 11) is 0. The Labute approximate surface area is 118 Å². The van der Waals surface area contributed by atoms with Crippen molar-refractivity contribution in [3.63, 3.8) is 0 Å². The van der Waals surface area contributed by atoms with E-state index in [1.807, 2.05) is 31.2 Å². The lowest BCUT2D eigenvalue weighted by Gasteiger charge is -2.16. The molecule has 5 heteroatoms. The molecule has 3 N–H and O–H groups in total. The highest BCUT2D eigenvalue weighted by Gasteiger charge is 2.27. The van der Waals surface area contributed by atoms with Gasteiger partial charge in [0.05, 0.1) is 13.1 Å². The summed E-state index contributed by atoms with van der Waals surface area (Å²) in [6.45, 7) is 2.51. The van der Waals surface area contributed by atoms with Crippen LogP contribution in [0.3, 0.4) is 0 Å². The zero-order valence-electron chi connectivity index (χ0n) is 12.0. The molecule has 1 aromatic carbocycles. The Morgan fingerprint density at radius 3 is 2.45 bits per heavy atom. The molecule has 0 aromatic heterocycles. The molecule has 1 unspecified atom stereocenters. The van der Waals surface area contributed by atoms with Crippen LogP contribution in [0.4, 0.5) is 8.78 Å². The van der Waals surface area contributed by atoms with Gasteiger partial charge in [0.1, 0.15) is 0 Å². The third-order valence-electron chi connectivity index (χ3n) is 3.29. The number of rotatable bonds is 7. The first-order valence-electron chi connectivity index (χ1n) is 6.81. The SMILES string of the molecule is CCc1ccc(C(C)CC(=O)NCC(F)(F)CN)cc1. The second kappa shape index (κ2) is 7.33.